The lowest BCUT2D eigenvalue weighted by atomic mass is 9.94. The van der Waals surface area contributed by atoms with Gasteiger partial charge in [0.05, 0.1) is 0 Å². The predicted octanol–water partition coefficient (Wildman–Crippen LogP) is 3.35. The lowest BCUT2D eigenvalue weighted by Crippen LogP contribution is -2.07. The SMILES string of the molecule is Cc1cccc(C(=O)c2c(C)cccc2C=O)c1. The Morgan fingerprint density at radius 3 is 2.44 bits per heavy atom. The third-order valence-electron chi connectivity index (χ3n) is 2.94. The van der Waals surface area contributed by atoms with Crippen molar-refractivity contribution in [2.24, 2.45) is 0 Å². The summed E-state index contributed by atoms with van der Waals surface area (Å²) >= 11 is 0. The number of hydrogen-bond donors (Lipinski definition) is 0. The maximum absolute atomic E-state index is 12.4. The van der Waals surface area contributed by atoms with Crippen LogP contribution in [-0.4, -0.2) is 12.1 Å². The van der Waals surface area contributed by atoms with Gasteiger partial charge in [-0.25, -0.2) is 0 Å². The first kappa shape index (κ1) is 12.2. The summed E-state index contributed by atoms with van der Waals surface area (Å²) in [5.74, 6) is -0.0982. The maximum Gasteiger partial charge on any atom is 0.194 e. The molecule has 0 fully saturated rings. The summed E-state index contributed by atoms with van der Waals surface area (Å²) in [7, 11) is 0. The molecule has 0 heterocycles. The fourth-order valence-corrected chi connectivity index (χ4v) is 2.03. The molecule has 18 heavy (non-hydrogen) atoms. The minimum absolute atomic E-state index is 0.0982. The fraction of sp³-hybridized carbons (Fsp3) is 0.125. The van der Waals surface area contributed by atoms with Gasteiger partial charge in [-0.2, -0.15) is 0 Å². The van der Waals surface area contributed by atoms with Crippen molar-refractivity contribution in [3.63, 3.8) is 0 Å². The zero-order chi connectivity index (χ0) is 13.1. The monoisotopic (exact) mass is 238 g/mol. The smallest absolute Gasteiger partial charge is 0.194 e. The summed E-state index contributed by atoms with van der Waals surface area (Å²) in [4.78, 5) is 23.5. The van der Waals surface area contributed by atoms with Crippen LogP contribution in [0.15, 0.2) is 42.5 Å². The highest BCUT2D eigenvalue weighted by atomic mass is 16.1. The van der Waals surface area contributed by atoms with Crippen LogP contribution < -0.4 is 0 Å². The van der Waals surface area contributed by atoms with Crippen LogP contribution in [0.25, 0.3) is 0 Å². The standard InChI is InChI=1S/C16H14O2/c1-11-5-3-7-13(9-11)16(18)15-12(2)6-4-8-14(15)10-17/h3-10H,1-2H3. The molecule has 0 unspecified atom stereocenters. The van der Waals surface area contributed by atoms with Crippen LogP contribution in [0.5, 0.6) is 0 Å². The minimum Gasteiger partial charge on any atom is -0.298 e. The number of aryl methyl sites for hydroxylation is 2. The predicted molar refractivity (Wildman–Crippen MR) is 71.2 cm³/mol. The van der Waals surface area contributed by atoms with Gasteiger partial charge in [-0.15, -0.1) is 0 Å². The van der Waals surface area contributed by atoms with Crippen molar-refractivity contribution in [2.45, 2.75) is 13.8 Å². The Balaban J connectivity index is 2.56. The number of benzene rings is 2. The van der Waals surface area contributed by atoms with E-state index < -0.39 is 0 Å². The van der Waals surface area contributed by atoms with Crippen LogP contribution in [0, 0.1) is 13.8 Å². The van der Waals surface area contributed by atoms with Crippen molar-refractivity contribution in [3.05, 3.63) is 70.3 Å². The summed E-state index contributed by atoms with van der Waals surface area (Å²) in [6, 6.07) is 12.7. The Morgan fingerprint density at radius 1 is 1.06 bits per heavy atom. The summed E-state index contributed by atoms with van der Waals surface area (Å²) in [6.07, 6.45) is 0.732. The van der Waals surface area contributed by atoms with E-state index in [1.165, 1.54) is 0 Å². The largest absolute Gasteiger partial charge is 0.298 e. The molecular formula is C16H14O2. The van der Waals surface area contributed by atoms with Gasteiger partial charge in [0, 0.05) is 16.7 Å². The molecule has 0 atom stereocenters. The highest BCUT2D eigenvalue weighted by Gasteiger charge is 2.15. The van der Waals surface area contributed by atoms with E-state index in [0.29, 0.717) is 16.7 Å². The Labute approximate surface area is 106 Å². The van der Waals surface area contributed by atoms with Crippen molar-refractivity contribution in [3.8, 4) is 0 Å². The number of carbonyl (C=O) groups excluding carboxylic acids is 2. The van der Waals surface area contributed by atoms with E-state index in [0.717, 1.165) is 17.4 Å². The minimum atomic E-state index is -0.0982. The van der Waals surface area contributed by atoms with Crippen molar-refractivity contribution < 1.29 is 9.59 Å². The molecule has 0 saturated heterocycles. The second-order valence-electron chi connectivity index (χ2n) is 4.36. The summed E-state index contributed by atoms with van der Waals surface area (Å²) in [5, 5.41) is 0. The average Bonchev–Trinajstić information content (AvgIpc) is 2.37. The van der Waals surface area contributed by atoms with E-state index in [-0.39, 0.29) is 5.78 Å². The second-order valence-corrected chi connectivity index (χ2v) is 4.36. The van der Waals surface area contributed by atoms with Gasteiger partial charge in [-0.3, -0.25) is 9.59 Å². The Bertz CT molecular complexity index is 612. The highest BCUT2D eigenvalue weighted by Crippen LogP contribution is 2.18. The van der Waals surface area contributed by atoms with Gasteiger partial charge >= 0.3 is 0 Å². The molecule has 0 spiro atoms. The van der Waals surface area contributed by atoms with E-state index in [4.69, 9.17) is 0 Å². The summed E-state index contributed by atoms with van der Waals surface area (Å²) in [5.41, 5.74) is 3.42. The van der Waals surface area contributed by atoms with E-state index in [9.17, 15) is 9.59 Å². The third-order valence-corrected chi connectivity index (χ3v) is 2.94. The fourth-order valence-electron chi connectivity index (χ4n) is 2.03. The topological polar surface area (TPSA) is 34.1 Å². The molecule has 0 radical (unpaired) electrons. The van der Waals surface area contributed by atoms with E-state index >= 15 is 0 Å². The molecule has 2 aromatic rings. The average molecular weight is 238 g/mol. The van der Waals surface area contributed by atoms with Crippen LogP contribution in [0.3, 0.4) is 0 Å². The molecule has 2 heteroatoms. The van der Waals surface area contributed by atoms with Gasteiger partial charge in [-0.1, -0.05) is 42.0 Å². The number of carbonyl (C=O) groups is 2. The van der Waals surface area contributed by atoms with Crippen LogP contribution >= 0.6 is 0 Å². The number of rotatable bonds is 3. The van der Waals surface area contributed by atoms with Gasteiger partial charge in [0.2, 0.25) is 0 Å². The molecule has 2 aromatic carbocycles. The van der Waals surface area contributed by atoms with Gasteiger partial charge in [0.25, 0.3) is 0 Å². The lowest BCUT2D eigenvalue weighted by Gasteiger charge is -2.08. The van der Waals surface area contributed by atoms with Crippen molar-refractivity contribution in [1.29, 1.82) is 0 Å². The second kappa shape index (κ2) is 4.96. The number of hydrogen-bond acceptors (Lipinski definition) is 2. The Hall–Kier alpha value is -2.22. The number of aldehydes is 1. The normalized spacial score (nSPS) is 10.1. The highest BCUT2D eigenvalue weighted by molar-refractivity contribution is 6.13. The lowest BCUT2D eigenvalue weighted by molar-refractivity contribution is 0.102. The molecule has 0 bridgehead atoms. The first-order valence-electron chi connectivity index (χ1n) is 5.79. The first-order chi connectivity index (χ1) is 8.63. The summed E-state index contributed by atoms with van der Waals surface area (Å²) < 4.78 is 0. The van der Waals surface area contributed by atoms with E-state index in [1.54, 1.807) is 18.2 Å². The molecular weight excluding hydrogens is 224 g/mol. The van der Waals surface area contributed by atoms with Crippen LogP contribution in [0.1, 0.15) is 37.4 Å². The van der Waals surface area contributed by atoms with Crippen LogP contribution in [0.4, 0.5) is 0 Å². The zero-order valence-electron chi connectivity index (χ0n) is 10.4. The van der Waals surface area contributed by atoms with Crippen molar-refractivity contribution in [2.75, 3.05) is 0 Å². The maximum atomic E-state index is 12.4. The molecule has 0 aromatic heterocycles. The molecule has 0 amide bonds. The zero-order valence-corrected chi connectivity index (χ0v) is 10.4. The first-order valence-corrected chi connectivity index (χ1v) is 5.79. The molecule has 0 N–H and O–H groups in total. The number of ketones is 1. The molecule has 2 nitrogen and oxygen atoms in total. The molecule has 0 aliphatic heterocycles. The van der Waals surface area contributed by atoms with E-state index in [1.807, 2.05) is 38.1 Å². The van der Waals surface area contributed by atoms with Gasteiger partial charge in [0.15, 0.2) is 12.1 Å². The van der Waals surface area contributed by atoms with Crippen LogP contribution in [-0.2, 0) is 0 Å². The molecule has 2 rings (SSSR count). The quantitative estimate of drug-likeness (QED) is 0.607. The van der Waals surface area contributed by atoms with Gasteiger partial charge in [0.1, 0.15) is 0 Å². The van der Waals surface area contributed by atoms with Gasteiger partial charge < -0.3 is 0 Å². The van der Waals surface area contributed by atoms with Crippen molar-refractivity contribution in [1.82, 2.24) is 0 Å². The van der Waals surface area contributed by atoms with E-state index in [2.05, 4.69) is 0 Å². The third kappa shape index (κ3) is 2.23. The molecule has 90 valence electrons. The summed E-state index contributed by atoms with van der Waals surface area (Å²) in [6.45, 7) is 3.78. The van der Waals surface area contributed by atoms with Crippen LogP contribution in [0.2, 0.25) is 0 Å². The Kier molecular flexibility index (Phi) is 3.38. The Morgan fingerprint density at radius 2 is 1.78 bits per heavy atom. The van der Waals surface area contributed by atoms with Gasteiger partial charge in [-0.05, 0) is 25.5 Å². The molecule has 0 aliphatic rings. The molecule has 0 saturated carbocycles. The van der Waals surface area contributed by atoms with Crippen molar-refractivity contribution >= 4 is 12.1 Å². The molecule has 0 aliphatic carbocycles.